The van der Waals surface area contributed by atoms with Crippen molar-refractivity contribution in [3.8, 4) is 28.3 Å². The van der Waals surface area contributed by atoms with E-state index in [0.29, 0.717) is 47.6 Å². The van der Waals surface area contributed by atoms with Gasteiger partial charge in [0, 0.05) is 62.0 Å². The van der Waals surface area contributed by atoms with Crippen molar-refractivity contribution in [2.24, 2.45) is 14.1 Å². The fourth-order valence-electron chi connectivity index (χ4n) is 5.76. The number of ether oxygens (including phenoxy) is 1. The third-order valence-electron chi connectivity index (χ3n) is 8.31. The first kappa shape index (κ1) is 30.9. The van der Waals surface area contributed by atoms with Gasteiger partial charge in [0.1, 0.15) is 17.5 Å². The minimum absolute atomic E-state index is 0.0910. The molecule has 0 spiro atoms. The normalized spacial score (nSPS) is 14.5. The molecule has 0 saturated carbocycles. The van der Waals surface area contributed by atoms with Crippen molar-refractivity contribution in [3.05, 3.63) is 91.8 Å². The number of nitrogens with one attached hydrogen (secondary N) is 3. The lowest BCUT2D eigenvalue weighted by Gasteiger charge is -2.17. The second-order valence-corrected chi connectivity index (χ2v) is 11.6. The largest absolute Gasteiger partial charge is 0.481 e. The third-order valence-corrected chi connectivity index (χ3v) is 8.72. The Kier molecular flexibility index (Phi) is 8.57. The van der Waals surface area contributed by atoms with Gasteiger partial charge in [-0.2, -0.15) is 0 Å². The molecule has 0 radical (unpaired) electrons. The van der Waals surface area contributed by atoms with Gasteiger partial charge in [-0.3, -0.25) is 18.7 Å². The van der Waals surface area contributed by atoms with Crippen molar-refractivity contribution in [1.29, 1.82) is 0 Å². The smallest absolute Gasteiger partial charge is 0.332 e. The highest BCUT2D eigenvalue weighted by atomic mass is 35.5. The molecule has 1 saturated heterocycles. The number of fused-ring (bicyclic) bond motifs is 1. The summed E-state index contributed by atoms with van der Waals surface area (Å²) >= 11 is 7.07. The number of hydrogen-bond donors (Lipinski definition) is 3. The van der Waals surface area contributed by atoms with Crippen LogP contribution in [0.4, 0.5) is 11.5 Å². The van der Waals surface area contributed by atoms with E-state index in [9.17, 15) is 14.4 Å². The molecular formula is C33H33ClN8O4. The van der Waals surface area contributed by atoms with Crippen LogP contribution in [0.1, 0.15) is 24.0 Å². The predicted molar refractivity (Wildman–Crippen MR) is 178 cm³/mol. The van der Waals surface area contributed by atoms with Crippen LogP contribution in [0.25, 0.3) is 33.4 Å². The maximum Gasteiger partial charge on any atom is 0.332 e. The van der Waals surface area contributed by atoms with Crippen LogP contribution in [0.15, 0.2) is 64.4 Å². The SMILES string of the molecule is COc1nc(-c2cccc(-c3cccc(Nc4ncnc5c4c(=O)n(C)c(=O)n5C)c3C)c2Cl)ccc1CNC[C@@H]1CCC(=O)N1. The number of anilines is 2. The summed E-state index contributed by atoms with van der Waals surface area (Å²) in [6.07, 6.45) is 2.71. The quantitative estimate of drug-likeness (QED) is 0.219. The molecular weight excluding hydrogens is 608 g/mol. The zero-order chi connectivity index (χ0) is 32.5. The van der Waals surface area contributed by atoms with Crippen LogP contribution in [0, 0.1) is 6.92 Å². The van der Waals surface area contributed by atoms with Gasteiger partial charge in [-0.05, 0) is 36.6 Å². The van der Waals surface area contributed by atoms with Crippen LogP contribution in [0.2, 0.25) is 5.02 Å². The Hall–Kier alpha value is -5.07. The van der Waals surface area contributed by atoms with E-state index in [1.165, 1.54) is 17.9 Å². The second kappa shape index (κ2) is 12.7. The number of hydrogen-bond acceptors (Lipinski definition) is 9. The van der Waals surface area contributed by atoms with Crippen LogP contribution in [-0.4, -0.2) is 49.7 Å². The van der Waals surface area contributed by atoms with Gasteiger partial charge in [0.25, 0.3) is 5.56 Å². The first-order valence-corrected chi connectivity index (χ1v) is 15.2. The predicted octanol–water partition coefficient (Wildman–Crippen LogP) is 3.84. The highest BCUT2D eigenvalue weighted by Crippen LogP contribution is 2.39. The Morgan fingerprint density at radius 2 is 1.76 bits per heavy atom. The van der Waals surface area contributed by atoms with Crippen LogP contribution < -0.4 is 31.9 Å². The van der Waals surface area contributed by atoms with Crippen LogP contribution in [-0.2, 0) is 25.4 Å². The summed E-state index contributed by atoms with van der Waals surface area (Å²) in [4.78, 5) is 50.3. The molecule has 46 heavy (non-hydrogen) atoms. The average molecular weight is 641 g/mol. The Labute approximate surface area is 269 Å². The molecule has 5 aromatic rings. The molecule has 0 bridgehead atoms. The number of aryl methyl sites for hydroxylation is 1. The third kappa shape index (κ3) is 5.72. The number of halogens is 1. The van der Waals surface area contributed by atoms with E-state index in [2.05, 4.69) is 25.9 Å². The van der Waals surface area contributed by atoms with Gasteiger partial charge in [-0.15, -0.1) is 0 Å². The van der Waals surface area contributed by atoms with Crippen LogP contribution in [0.3, 0.4) is 0 Å². The van der Waals surface area contributed by atoms with E-state index < -0.39 is 11.2 Å². The minimum Gasteiger partial charge on any atom is -0.481 e. The van der Waals surface area contributed by atoms with Gasteiger partial charge in [-0.1, -0.05) is 48.0 Å². The van der Waals surface area contributed by atoms with Gasteiger partial charge in [0.15, 0.2) is 5.65 Å². The van der Waals surface area contributed by atoms with Gasteiger partial charge in [0.2, 0.25) is 11.8 Å². The molecule has 2 aromatic carbocycles. The van der Waals surface area contributed by atoms with Crippen molar-refractivity contribution in [1.82, 2.24) is 34.7 Å². The lowest BCUT2D eigenvalue weighted by molar-refractivity contribution is -0.119. The number of methoxy groups -OCH3 is 1. The van der Waals surface area contributed by atoms with Crippen molar-refractivity contribution in [2.45, 2.75) is 32.4 Å². The number of amides is 1. The Balaban J connectivity index is 1.30. The summed E-state index contributed by atoms with van der Waals surface area (Å²) in [5, 5.41) is 10.4. The standard InChI is InChI=1S/C33H33ClN8O4/c1-18-21(7-6-10-24(18)39-29-27-30(37-17-36-29)41(2)33(45)42(3)32(27)44)22-8-5-9-23(28(22)34)25-13-11-19(31(40-25)46-4)15-35-16-20-12-14-26(43)38-20/h5-11,13,17,20,35H,12,14-16H2,1-4H3,(H,38,43)(H,36,37,39)/t20-/m0/s1. The molecule has 1 fully saturated rings. The number of benzene rings is 2. The molecule has 236 valence electrons. The molecule has 0 unspecified atom stereocenters. The first-order valence-electron chi connectivity index (χ1n) is 14.8. The molecule has 1 aliphatic heterocycles. The van der Waals surface area contributed by atoms with Gasteiger partial charge in [-0.25, -0.2) is 19.7 Å². The fraction of sp³-hybridized carbons (Fsp3) is 0.273. The number of carbonyl (C=O) groups is 1. The molecule has 13 heteroatoms. The topological polar surface area (TPSA) is 145 Å². The molecule has 3 N–H and O–H groups in total. The van der Waals surface area contributed by atoms with Gasteiger partial charge in [0.05, 0.1) is 17.8 Å². The van der Waals surface area contributed by atoms with Crippen molar-refractivity contribution in [3.63, 3.8) is 0 Å². The number of rotatable bonds is 9. The van der Waals surface area contributed by atoms with E-state index >= 15 is 0 Å². The Morgan fingerprint density at radius 3 is 2.52 bits per heavy atom. The molecule has 0 aliphatic carbocycles. The minimum atomic E-state index is -0.488. The number of nitrogens with zero attached hydrogens (tertiary/aromatic N) is 5. The number of aromatic nitrogens is 5. The molecule has 1 amide bonds. The maximum atomic E-state index is 13.1. The zero-order valence-corrected chi connectivity index (χ0v) is 26.6. The average Bonchev–Trinajstić information content (AvgIpc) is 3.48. The molecule has 3 aromatic heterocycles. The van der Waals surface area contributed by atoms with Crippen molar-refractivity contribution >= 4 is 40.0 Å². The van der Waals surface area contributed by atoms with E-state index in [0.717, 1.165) is 38.8 Å². The Bertz CT molecular complexity index is 2110. The monoisotopic (exact) mass is 640 g/mol. The van der Waals surface area contributed by atoms with E-state index in [4.69, 9.17) is 21.3 Å². The van der Waals surface area contributed by atoms with Crippen molar-refractivity contribution in [2.75, 3.05) is 19.0 Å². The van der Waals surface area contributed by atoms with Gasteiger partial charge < -0.3 is 20.7 Å². The summed E-state index contributed by atoms with van der Waals surface area (Å²) in [6, 6.07) is 15.6. The summed E-state index contributed by atoms with van der Waals surface area (Å²) in [6.45, 7) is 3.17. The summed E-state index contributed by atoms with van der Waals surface area (Å²) in [5.41, 5.74) is 4.85. The molecule has 4 heterocycles. The summed E-state index contributed by atoms with van der Waals surface area (Å²) in [5.74, 6) is 0.874. The second-order valence-electron chi connectivity index (χ2n) is 11.2. The van der Waals surface area contributed by atoms with Crippen LogP contribution in [0.5, 0.6) is 5.88 Å². The molecule has 1 aliphatic rings. The van der Waals surface area contributed by atoms with Crippen LogP contribution >= 0.6 is 11.6 Å². The van der Waals surface area contributed by atoms with Gasteiger partial charge >= 0.3 is 5.69 Å². The van der Waals surface area contributed by atoms with Crippen molar-refractivity contribution < 1.29 is 9.53 Å². The van der Waals surface area contributed by atoms with E-state index in [-0.39, 0.29) is 23.0 Å². The van der Waals surface area contributed by atoms with E-state index in [1.807, 2.05) is 55.5 Å². The summed E-state index contributed by atoms with van der Waals surface area (Å²) < 4.78 is 7.99. The first-order chi connectivity index (χ1) is 22.2. The molecule has 12 nitrogen and oxygen atoms in total. The summed E-state index contributed by atoms with van der Waals surface area (Å²) in [7, 11) is 4.58. The number of pyridine rings is 1. The lowest BCUT2D eigenvalue weighted by atomic mass is 9.96. The number of carbonyl (C=O) groups excluding carboxylic acids is 1. The lowest BCUT2D eigenvalue weighted by Crippen LogP contribution is -2.37. The zero-order valence-electron chi connectivity index (χ0n) is 25.8. The van der Waals surface area contributed by atoms with E-state index in [1.54, 1.807) is 14.2 Å². The molecule has 6 rings (SSSR count). The highest BCUT2D eigenvalue weighted by Gasteiger charge is 2.21. The fourth-order valence-corrected chi connectivity index (χ4v) is 6.09. The highest BCUT2D eigenvalue weighted by molar-refractivity contribution is 6.36. The maximum absolute atomic E-state index is 13.1. The molecule has 1 atom stereocenters. The Morgan fingerprint density at radius 1 is 1.00 bits per heavy atom.